The molecule has 5 rings (SSSR count). The van der Waals surface area contributed by atoms with E-state index >= 15 is 0 Å². The quantitative estimate of drug-likeness (QED) is 0.426. The number of amides is 3. The van der Waals surface area contributed by atoms with Crippen LogP contribution in [0, 0.1) is 6.92 Å². The van der Waals surface area contributed by atoms with Gasteiger partial charge in [-0.3, -0.25) is 14.5 Å². The molecule has 202 valence electrons. The van der Waals surface area contributed by atoms with E-state index in [1.165, 1.54) is 4.90 Å². The Morgan fingerprint density at radius 1 is 0.974 bits per heavy atom. The maximum Gasteiger partial charge on any atom is 0.411 e. The maximum absolute atomic E-state index is 13.5. The summed E-state index contributed by atoms with van der Waals surface area (Å²) in [6, 6.07) is 23.6. The number of nitrogens with one attached hydrogen (secondary N) is 2. The number of nitrogens with zero attached hydrogens (tertiary/aromatic N) is 1. The molecule has 2 heterocycles. The zero-order chi connectivity index (χ0) is 27.2. The fraction of sp³-hybridized carbons (Fsp3) is 0.323. The summed E-state index contributed by atoms with van der Waals surface area (Å²) in [6.07, 6.45) is 0.675. The number of carbonyl (C=O) groups is 3. The lowest BCUT2D eigenvalue weighted by Crippen LogP contribution is -2.47. The second-order valence-electron chi connectivity index (χ2n) is 10.1. The molecule has 3 amide bonds. The van der Waals surface area contributed by atoms with Gasteiger partial charge in [-0.05, 0) is 48.6 Å². The predicted molar refractivity (Wildman–Crippen MR) is 147 cm³/mol. The third-order valence-corrected chi connectivity index (χ3v) is 7.06. The number of rotatable bonds is 9. The summed E-state index contributed by atoms with van der Waals surface area (Å²) in [4.78, 5) is 40.8. The van der Waals surface area contributed by atoms with E-state index in [9.17, 15) is 14.4 Å². The average Bonchev–Trinajstić information content (AvgIpc) is 3.57. The molecule has 0 aliphatic carbocycles. The van der Waals surface area contributed by atoms with Crippen LogP contribution in [0.1, 0.15) is 41.2 Å². The normalized spacial score (nSPS) is 20.5. The molecule has 3 aromatic rings. The van der Waals surface area contributed by atoms with Crippen LogP contribution >= 0.6 is 0 Å². The van der Waals surface area contributed by atoms with Gasteiger partial charge >= 0.3 is 6.09 Å². The zero-order valence-corrected chi connectivity index (χ0v) is 22.0. The number of carbonyl (C=O) groups excluding carboxylic acids is 3. The van der Waals surface area contributed by atoms with Crippen molar-refractivity contribution in [1.29, 1.82) is 0 Å². The van der Waals surface area contributed by atoms with Crippen molar-refractivity contribution in [3.05, 3.63) is 101 Å². The van der Waals surface area contributed by atoms with Crippen molar-refractivity contribution >= 4 is 23.6 Å². The van der Waals surface area contributed by atoms with E-state index in [1.54, 1.807) is 24.3 Å². The molecule has 0 saturated carbocycles. The van der Waals surface area contributed by atoms with E-state index in [-0.39, 0.29) is 30.9 Å². The zero-order valence-electron chi connectivity index (χ0n) is 22.0. The fourth-order valence-electron chi connectivity index (χ4n) is 5.00. The summed E-state index contributed by atoms with van der Waals surface area (Å²) in [7, 11) is 0. The molecule has 0 aromatic heterocycles. The van der Waals surface area contributed by atoms with Crippen LogP contribution in [0.2, 0.25) is 0 Å². The van der Waals surface area contributed by atoms with Crippen LogP contribution in [0.5, 0.6) is 0 Å². The Labute approximate surface area is 228 Å². The van der Waals surface area contributed by atoms with Crippen molar-refractivity contribution in [2.75, 3.05) is 18.5 Å². The fourth-order valence-corrected chi connectivity index (χ4v) is 5.00. The minimum absolute atomic E-state index is 0.0286. The number of aryl methyl sites for hydroxylation is 1. The van der Waals surface area contributed by atoms with E-state index < -0.39 is 18.2 Å². The highest BCUT2D eigenvalue weighted by Crippen LogP contribution is 2.35. The van der Waals surface area contributed by atoms with Gasteiger partial charge in [0.2, 0.25) is 11.8 Å². The highest BCUT2D eigenvalue weighted by molar-refractivity contribution is 5.92. The maximum atomic E-state index is 13.5. The van der Waals surface area contributed by atoms with Crippen LogP contribution in [0.25, 0.3) is 0 Å². The van der Waals surface area contributed by atoms with Crippen molar-refractivity contribution in [3.63, 3.8) is 0 Å². The van der Waals surface area contributed by atoms with Crippen molar-refractivity contribution in [1.82, 2.24) is 10.2 Å². The van der Waals surface area contributed by atoms with E-state index in [0.717, 1.165) is 29.5 Å². The summed E-state index contributed by atoms with van der Waals surface area (Å²) in [5, 5.41) is 5.90. The first-order valence-corrected chi connectivity index (χ1v) is 13.3. The van der Waals surface area contributed by atoms with Crippen molar-refractivity contribution in [3.8, 4) is 0 Å². The van der Waals surface area contributed by atoms with Crippen LogP contribution in [-0.2, 0) is 32.0 Å². The van der Waals surface area contributed by atoms with E-state index in [0.29, 0.717) is 24.4 Å². The van der Waals surface area contributed by atoms with Crippen LogP contribution in [0.3, 0.4) is 0 Å². The molecular weight excluding hydrogens is 494 g/mol. The Bertz CT molecular complexity index is 1310. The second-order valence-corrected chi connectivity index (χ2v) is 10.1. The van der Waals surface area contributed by atoms with Crippen molar-refractivity contribution in [2.24, 2.45) is 0 Å². The molecule has 2 N–H and O–H groups in total. The molecule has 3 aromatic carbocycles. The van der Waals surface area contributed by atoms with Gasteiger partial charge in [0.1, 0.15) is 0 Å². The first kappa shape index (κ1) is 26.4. The molecular formula is C31H33N3O5. The van der Waals surface area contributed by atoms with Crippen LogP contribution in [0.15, 0.2) is 78.9 Å². The van der Waals surface area contributed by atoms with Gasteiger partial charge < -0.3 is 20.1 Å². The van der Waals surface area contributed by atoms with E-state index in [2.05, 4.69) is 10.6 Å². The van der Waals surface area contributed by atoms with Gasteiger partial charge in [0, 0.05) is 18.8 Å². The molecule has 8 heteroatoms. The molecule has 0 bridgehead atoms. The van der Waals surface area contributed by atoms with Crippen LogP contribution in [0.4, 0.5) is 10.5 Å². The summed E-state index contributed by atoms with van der Waals surface area (Å²) in [6.45, 7) is 3.30. The molecule has 3 atom stereocenters. The number of ether oxygens (including phenoxy) is 2. The molecule has 0 radical (unpaired) electrons. The van der Waals surface area contributed by atoms with Gasteiger partial charge in [-0.2, -0.15) is 0 Å². The number of hydrogen-bond acceptors (Lipinski definition) is 5. The Morgan fingerprint density at radius 2 is 1.77 bits per heavy atom. The van der Waals surface area contributed by atoms with Gasteiger partial charge in [-0.25, -0.2) is 4.79 Å². The van der Waals surface area contributed by atoms with Crippen LogP contribution in [-0.4, -0.2) is 48.1 Å². The number of benzene rings is 3. The SMILES string of the molecule is Cc1ccc(CN2C(=O)OC(c3cccc(NC(=O)Cc4ccccc4)c3)C2C(=O)NCC2CCCO2)cc1. The van der Waals surface area contributed by atoms with Crippen molar-refractivity contribution in [2.45, 2.75) is 51.0 Å². The van der Waals surface area contributed by atoms with Crippen LogP contribution < -0.4 is 10.6 Å². The van der Waals surface area contributed by atoms with Gasteiger partial charge in [0.15, 0.2) is 12.1 Å². The minimum Gasteiger partial charge on any atom is -0.438 e. The number of anilines is 1. The third kappa shape index (κ3) is 6.64. The largest absolute Gasteiger partial charge is 0.438 e. The monoisotopic (exact) mass is 527 g/mol. The lowest BCUT2D eigenvalue weighted by Gasteiger charge is -2.25. The summed E-state index contributed by atoms with van der Waals surface area (Å²) in [5.41, 5.74) is 4.12. The topological polar surface area (TPSA) is 97.0 Å². The minimum atomic E-state index is -0.879. The summed E-state index contributed by atoms with van der Waals surface area (Å²) >= 11 is 0. The highest BCUT2D eigenvalue weighted by atomic mass is 16.6. The Hall–Kier alpha value is -4.17. The predicted octanol–water partition coefficient (Wildman–Crippen LogP) is 4.53. The van der Waals surface area contributed by atoms with E-state index in [4.69, 9.17) is 9.47 Å². The van der Waals surface area contributed by atoms with Gasteiger partial charge in [0.05, 0.1) is 19.1 Å². The third-order valence-electron chi connectivity index (χ3n) is 7.06. The lowest BCUT2D eigenvalue weighted by atomic mass is 9.99. The molecule has 2 aliphatic rings. The van der Waals surface area contributed by atoms with E-state index in [1.807, 2.05) is 61.5 Å². The first-order chi connectivity index (χ1) is 19.0. The second kappa shape index (κ2) is 12.1. The highest BCUT2D eigenvalue weighted by Gasteiger charge is 2.47. The lowest BCUT2D eigenvalue weighted by molar-refractivity contribution is -0.127. The summed E-state index contributed by atoms with van der Waals surface area (Å²) in [5.74, 6) is -0.458. The van der Waals surface area contributed by atoms with Gasteiger partial charge in [-0.1, -0.05) is 72.3 Å². The standard InChI is InChI=1S/C31H33N3O5/c1-21-12-14-23(15-13-21)20-34-28(30(36)32-19-26-11-6-16-38-26)29(39-31(34)37)24-9-5-10-25(18-24)33-27(35)17-22-7-3-2-4-8-22/h2-5,7-10,12-15,18,26,28-29H,6,11,16-17,19-20H2,1H3,(H,32,36)(H,33,35). The molecule has 39 heavy (non-hydrogen) atoms. The Kier molecular flexibility index (Phi) is 8.22. The smallest absolute Gasteiger partial charge is 0.411 e. The Balaban J connectivity index is 1.35. The average molecular weight is 528 g/mol. The van der Waals surface area contributed by atoms with Gasteiger partial charge in [-0.15, -0.1) is 0 Å². The molecule has 3 unspecified atom stereocenters. The molecule has 0 spiro atoms. The molecule has 2 aliphatic heterocycles. The summed E-state index contributed by atoms with van der Waals surface area (Å²) < 4.78 is 11.5. The van der Waals surface area contributed by atoms with Gasteiger partial charge in [0.25, 0.3) is 0 Å². The molecule has 8 nitrogen and oxygen atoms in total. The number of hydrogen-bond donors (Lipinski definition) is 2. The number of cyclic esters (lactones) is 1. The molecule has 2 fully saturated rings. The van der Waals surface area contributed by atoms with Crippen molar-refractivity contribution < 1.29 is 23.9 Å². The Morgan fingerprint density at radius 3 is 2.51 bits per heavy atom. The first-order valence-electron chi connectivity index (χ1n) is 13.3. The molecule has 2 saturated heterocycles.